The molecule has 1 heterocycles. The number of nitrogens with zero attached hydrogens (tertiary/aromatic N) is 2. The minimum Gasteiger partial charge on any atom is -0.477 e. The van der Waals surface area contributed by atoms with E-state index in [1.165, 1.54) is 5.01 Å². The predicted molar refractivity (Wildman–Crippen MR) is 56.7 cm³/mol. The molecule has 0 unspecified atom stereocenters. The van der Waals surface area contributed by atoms with Crippen LogP contribution in [-0.2, 0) is 16.1 Å². The highest BCUT2D eigenvalue weighted by Gasteiger charge is 2.27. The summed E-state index contributed by atoms with van der Waals surface area (Å²) in [5.41, 5.74) is 0.826. The lowest BCUT2D eigenvalue weighted by atomic mass is 10.2. The van der Waals surface area contributed by atoms with Gasteiger partial charge in [-0.1, -0.05) is 30.3 Å². The van der Waals surface area contributed by atoms with Crippen LogP contribution in [0.3, 0.4) is 0 Å². The minimum absolute atomic E-state index is 0.0964. The molecule has 0 aliphatic carbocycles. The molecule has 0 fully saturated rings. The molecule has 82 valence electrons. The highest BCUT2D eigenvalue weighted by molar-refractivity contribution is 6.40. The first-order valence-electron chi connectivity index (χ1n) is 4.82. The molecule has 1 aromatic rings. The van der Waals surface area contributed by atoms with Gasteiger partial charge in [-0.15, -0.1) is 0 Å². The maximum atomic E-state index is 11.4. The summed E-state index contributed by atoms with van der Waals surface area (Å²) in [4.78, 5) is 22.1. The van der Waals surface area contributed by atoms with E-state index in [9.17, 15) is 9.59 Å². The molecule has 0 aromatic heterocycles. The zero-order valence-corrected chi connectivity index (χ0v) is 8.46. The van der Waals surface area contributed by atoms with Gasteiger partial charge in [-0.25, -0.2) is 9.80 Å². The van der Waals surface area contributed by atoms with Crippen molar-refractivity contribution in [1.82, 2.24) is 5.01 Å². The fraction of sp³-hybridized carbons (Fsp3) is 0.182. The molecule has 0 atom stereocenters. The van der Waals surface area contributed by atoms with Crippen LogP contribution in [0.15, 0.2) is 35.4 Å². The van der Waals surface area contributed by atoms with E-state index in [-0.39, 0.29) is 18.0 Å². The molecule has 1 aromatic carbocycles. The fourth-order valence-electron chi connectivity index (χ4n) is 1.47. The number of carbonyl (C=O) groups is 2. The molecule has 5 nitrogen and oxygen atoms in total. The minimum atomic E-state index is -1.14. The Morgan fingerprint density at radius 1 is 1.38 bits per heavy atom. The second-order valence-electron chi connectivity index (χ2n) is 3.47. The van der Waals surface area contributed by atoms with Gasteiger partial charge < -0.3 is 5.11 Å². The van der Waals surface area contributed by atoms with E-state index in [1.807, 2.05) is 30.3 Å². The fourth-order valence-corrected chi connectivity index (χ4v) is 1.47. The summed E-state index contributed by atoms with van der Waals surface area (Å²) in [6, 6.07) is 9.32. The van der Waals surface area contributed by atoms with Crippen molar-refractivity contribution < 1.29 is 14.7 Å². The van der Waals surface area contributed by atoms with Crippen LogP contribution in [0.4, 0.5) is 0 Å². The van der Waals surface area contributed by atoms with Crippen LogP contribution >= 0.6 is 0 Å². The summed E-state index contributed by atoms with van der Waals surface area (Å²) >= 11 is 0. The molecule has 0 saturated heterocycles. The molecule has 5 heteroatoms. The molecular weight excluding hydrogens is 208 g/mol. The largest absolute Gasteiger partial charge is 0.477 e. The third-order valence-corrected chi connectivity index (χ3v) is 2.27. The molecule has 1 N–H and O–H groups in total. The van der Waals surface area contributed by atoms with E-state index in [4.69, 9.17) is 5.11 Å². The Kier molecular flexibility index (Phi) is 2.68. The molecule has 1 aliphatic rings. The number of carboxylic acids is 1. The summed E-state index contributed by atoms with van der Waals surface area (Å²) in [6.07, 6.45) is -0.123. The van der Waals surface area contributed by atoms with Crippen LogP contribution in [0.1, 0.15) is 12.0 Å². The molecule has 1 aliphatic heterocycles. The monoisotopic (exact) mass is 218 g/mol. The van der Waals surface area contributed by atoms with E-state index in [1.54, 1.807) is 0 Å². The van der Waals surface area contributed by atoms with E-state index in [0.717, 1.165) is 5.56 Å². The summed E-state index contributed by atoms with van der Waals surface area (Å²) in [5, 5.41) is 13.7. The standard InChI is InChI=1S/C11H10N2O3/c14-10-6-9(11(15)16)12-13(10)7-8-4-2-1-3-5-8/h1-5H,6-7H2,(H,15,16). The molecule has 0 spiro atoms. The number of hydrogen-bond donors (Lipinski definition) is 1. The molecule has 16 heavy (non-hydrogen) atoms. The van der Waals surface area contributed by atoms with Gasteiger partial charge in [0.15, 0.2) is 5.71 Å². The average Bonchev–Trinajstić information content (AvgIpc) is 2.62. The Labute approximate surface area is 92.0 Å². The van der Waals surface area contributed by atoms with E-state index in [2.05, 4.69) is 5.10 Å². The van der Waals surface area contributed by atoms with Crippen molar-refractivity contribution in [3.8, 4) is 0 Å². The van der Waals surface area contributed by atoms with E-state index < -0.39 is 5.97 Å². The number of benzene rings is 1. The van der Waals surface area contributed by atoms with Gasteiger partial charge in [0.2, 0.25) is 5.91 Å². The predicted octanol–water partition coefficient (Wildman–Crippen LogP) is 0.860. The number of amides is 1. The number of aliphatic carboxylic acids is 1. The SMILES string of the molecule is O=C(O)C1=NN(Cc2ccccc2)C(=O)C1. The van der Waals surface area contributed by atoms with Crippen molar-refractivity contribution in [2.24, 2.45) is 5.10 Å². The number of hydrogen-bond acceptors (Lipinski definition) is 3. The third-order valence-electron chi connectivity index (χ3n) is 2.27. The lowest BCUT2D eigenvalue weighted by Gasteiger charge is -2.10. The lowest BCUT2D eigenvalue weighted by molar-refractivity contribution is -0.131. The van der Waals surface area contributed by atoms with Crippen LogP contribution in [-0.4, -0.2) is 27.7 Å². The van der Waals surface area contributed by atoms with Gasteiger partial charge in [0.25, 0.3) is 0 Å². The molecular formula is C11H10N2O3. The van der Waals surface area contributed by atoms with Gasteiger partial charge in [0.1, 0.15) is 0 Å². The van der Waals surface area contributed by atoms with Crippen molar-refractivity contribution in [3.63, 3.8) is 0 Å². The van der Waals surface area contributed by atoms with Gasteiger partial charge >= 0.3 is 5.97 Å². The molecule has 2 rings (SSSR count). The normalized spacial score (nSPS) is 15.1. The summed E-state index contributed by atoms with van der Waals surface area (Å²) in [6.45, 7) is 0.316. The number of carboxylic acid groups (broad SMARTS) is 1. The van der Waals surface area contributed by atoms with Crippen LogP contribution in [0.25, 0.3) is 0 Å². The second-order valence-corrected chi connectivity index (χ2v) is 3.47. The zero-order valence-electron chi connectivity index (χ0n) is 8.46. The van der Waals surface area contributed by atoms with Crippen molar-refractivity contribution in [2.45, 2.75) is 13.0 Å². The van der Waals surface area contributed by atoms with E-state index in [0.29, 0.717) is 6.54 Å². The third kappa shape index (κ3) is 2.08. The summed E-state index contributed by atoms with van der Waals surface area (Å²) in [5.74, 6) is -1.41. The quantitative estimate of drug-likeness (QED) is 0.817. The average molecular weight is 218 g/mol. The van der Waals surface area contributed by atoms with Crippen molar-refractivity contribution in [3.05, 3.63) is 35.9 Å². The Hall–Kier alpha value is -2.17. The maximum absolute atomic E-state index is 11.4. The topological polar surface area (TPSA) is 70.0 Å². The Bertz CT molecular complexity index is 454. The van der Waals surface area contributed by atoms with Crippen LogP contribution < -0.4 is 0 Å². The van der Waals surface area contributed by atoms with Gasteiger partial charge in [-0.2, -0.15) is 5.10 Å². The van der Waals surface area contributed by atoms with Crippen LogP contribution in [0.2, 0.25) is 0 Å². The first-order valence-corrected chi connectivity index (χ1v) is 4.82. The molecule has 0 bridgehead atoms. The smallest absolute Gasteiger partial charge is 0.352 e. The summed E-state index contributed by atoms with van der Waals surface area (Å²) in [7, 11) is 0. The van der Waals surface area contributed by atoms with Crippen LogP contribution in [0.5, 0.6) is 0 Å². The number of hydrazone groups is 1. The Balaban J connectivity index is 2.12. The first kappa shape index (κ1) is 10.4. The number of carbonyl (C=O) groups excluding carboxylic acids is 1. The lowest BCUT2D eigenvalue weighted by Crippen LogP contribution is -2.20. The maximum Gasteiger partial charge on any atom is 0.352 e. The van der Waals surface area contributed by atoms with Crippen LogP contribution in [0, 0.1) is 0 Å². The molecule has 0 radical (unpaired) electrons. The second kappa shape index (κ2) is 4.14. The molecule has 0 saturated carbocycles. The molecule has 1 amide bonds. The van der Waals surface area contributed by atoms with Crippen molar-refractivity contribution in [2.75, 3.05) is 0 Å². The highest BCUT2D eigenvalue weighted by atomic mass is 16.4. The Morgan fingerprint density at radius 2 is 2.06 bits per heavy atom. The Morgan fingerprint density at radius 3 is 2.62 bits per heavy atom. The van der Waals surface area contributed by atoms with Gasteiger partial charge in [-0.05, 0) is 5.56 Å². The first-order chi connectivity index (χ1) is 7.66. The van der Waals surface area contributed by atoms with Gasteiger partial charge in [0, 0.05) is 0 Å². The van der Waals surface area contributed by atoms with E-state index >= 15 is 0 Å². The summed E-state index contributed by atoms with van der Waals surface area (Å²) < 4.78 is 0. The highest BCUT2D eigenvalue weighted by Crippen LogP contribution is 2.13. The van der Waals surface area contributed by atoms with Crippen molar-refractivity contribution >= 4 is 17.6 Å². The zero-order chi connectivity index (χ0) is 11.5. The van der Waals surface area contributed by atoms with Gasteiger partial charge in [-0.3, -0.25) is 4.79 Å². The number of rotatable bonds is 3. The van der Waals surface area contributed by atoms with Crippen molar-refractivity contribution in [1.29, 1.82) is 0 Å². The van der Waals surface area contributed by atoms with Gasteiger partial charge in [0.05, 0.1) is 13.0 Å².